The fraction of sp³-hybridized carbons (Fsp3) is 0.357. The Hall–Kier alpha value is -2.07. The molecule has 0 aliphatic rings. The average molecular weight is 354 g/mol. The Balaban J connectivity index is 2.72. The number of ether oxygens (including phenoxy) is 1. The van der Waals surface area contributed by atoms with Crippen LogP contribution in [0.2, 0.25) is 0 Å². The van der Waals surface area contributed by atoms with E-state index in [4.69, 9.17) is 15.7 Å². The van der Waals surface area contributed by atoms with Crippen LogP contribution in [0.15, 0.2) is 22.7 Å². The third-order valence-corrected chi connectivity index (χ3v) is 3.30. The lowest BCUT2D eigenvalue weighted by atomic mass is 10.2. The molecule has 0 spiro atoms. The SMILES string of the molecule is C[C@H](OC(=O)c1cc(Br)ccc1N)C(=O)N(C)CCC#N. The molecule has 0 aliphatic heterocycles. The standard InChI is InChI=1S/C14H16BrN3O3/c1-9(13(19)18(2)7-3-6-16)21-14(20)11-8-10(15)4-5-12(11)17/h4-5,8-9H,3,7,17H2,1-2H3/t9-/m0/s1. The Morgan fingerprint density at radius 3 is 2.81 bits per heavy atom. The Morgan fingerprint density at radius 1 is 1.52 bits per heavy atom. The maximum absolute atomic E-state index is 12.0. The number of nitrogens with two attached hydrogens (primary N) is 1. The molecule has 112 valence electrons. The Bertz CT molecular complexity index is 583. The van der Waals surface area contributed by atoms with Crippen molar-refractivity contribution in [2.24, 2.45) is 0 Å². The van der Waals surface area contributed by atoms with Gasteiger partial charge in [0, 0.05) is 23.8 Å². The number of carbonyl (C=O) groups excluding carboxylic acids is 2. The summed E-state index contributed by atoms with van der Waals surface area (Å²) >= 11 is 3.24. The number of carbonyl (C=O) groups is 2. The van der Waals surface area contributed by atoms with E-state index in [9.17, 15) is 9.59 Å². The third kappa shape index (κ3) is 4.76. The van der Waals surface area contributed by atoms with Crippen LogP contribution in [0, 0.1) is 11.3 Å². The van der Waals surface area contributed by atoms with Crippen LogP contribution in [0.3, 0.4) is 0 Å². The van der Waals surface area contributed by atoms with E-state index in [1.54, 1.807) is 19.2 Å². The highest BCUT2D eigenvalue weighted by Gasteiger charge is 2.23. The summed E-state index contributed by atoms with van der Waals surface area (Å²) in [5.41, 5.74) is 6.19. The molecule has 0 radical (unpaired) electrons. The van der Waals surface area contributed by atoms with E-state index in [1.165, 1.54) is 17.9 Å². The van der Waals surface area contributed by atoms with Gasteiger partial charge in [0.2, 0.25) is 0 Å². The summed E-state index contributed by atoms with van der Waals surface area (Å²) in [4.78, 5) is 25.3. The minimum absolute atomic E-state index is 0.198. The van der Waals surface area contributed by atoms with Crippen molar-refractivity contribution in [3.63, 3.8) is 0 Å². The van der Waals surface area contributed by atoms with Gasteiger partial charge < -0.3 is 15.4 Å². The lowest BCUT2D eigenvalue weighted by Crippen LogP contribution is -2.38. The number of halogens is 1. The van der Waals surface area contributed by atoms with Crippen LogP contribution in [-0.2, 0) is 9.53 Å². The number of rotatable bonds is 5. The van der Waals surface area contributed by atoms with E-state index in [1.807, 2.05) is 6.07 Å². The van der Waals surface area contributed by atoms with Crippen LogP contribution >= 0.6 is 15.9 Å². The first-order chi connectivity index (χ1) is 9.86. The van der Waals surface area contributed by atoms with E-state index < -0.39 is 12.1 Å². The molecule has 0 saturated heterocycles. The summed E-state index contributed by atoms with van der Waals surface area (Å²) < 4.78 is 5.81. The fourth-order valence-electron chi connectivity index (χ4n) is 1.62. The lowest BCUT2D eigenvalue weighted by Gasteiger charge is -2.20. The van der Waals surface area contributed by atoms with Gasteiger partial charge in [-0.2, -0.15) is 5.26 Å². The highest BCUT2D eigenvalue weighted by Crippen LogP contribution is 2.20. The average Bonchev–Trinajstić information content (AvgIpc) is 2.46. The van der Waals surface area contributed by atoms with Crippen molar-refractivity contribution in [3.8, 4) is 6.07 Å². The van der Waals surface area contributed by atoms with Gasteiger partial charge in [-0.3, -0.25) is 4.79 Å². The Labute approximate surface area is 131 Å². The lowest BCUT2D eigenvalue weighted by molar-refractivity contribution is -0.138. The highest BCUT2D eigenvalue weighted by molar-refractivity contribution is 9.10. The zero-order chi connectivity index (χ0) is 16.0. The number of nitriles is 1. The molecule has 0 bridgehead atoms. The van der Waals surface area contributed by atoms with Crippen LogP contribution in [0.4, 0.5) is 5.69 Å². The predicted octanol–water partition coefficient (Wildman–Crippen LogP) is 1.95. The molecule has 0 aromatic heterocycles. The van der Waals surface area contributed by atoms with Crippen LogP contribution in [0.1, 0.15) is 23.7 Å². The number of hydrogen-bond donors (Lipinski definition) is 1. The molecule has 1 amide bonds. The van der Waals surface area contributed by atoms with Crippen molar-refractivity contribution in [2.75, 3.05) is 19.3 Å². The second-order valence-electron chi connectivity index (χ2n) is 4.45. The first-order valence-electron chi connectivity index (χ1n) is 6.24. The van der Waals surface area contributed by atoms with Gasteiger partial charge in [-0.15, -0.1) is 0 Å². The summed E-state index contributed by atoms with van der Waals surface area (Å²) in [5, 5.41) is 8.49. The molecule has 7 heteroatoms. The molecular weight excluding hydrogens is 338 g/mol. The number of nitrogen functional groups attached to an aromatic ring is 1. The van der Waals surface area contributed by atoms with Gasteiger partial charge in [0.15, 0.2) is 6.10 Å². The van der Waals surface area contributed by atoms with Gasteiger partial charge in [-0.1, -0.05) is 15.9 Å². The van der Waals surface area contributed by atoms with Crippen molar-refractivity contribution >= 4 is 33.5 Å². The Kier molecular flexibility index (Phi) is 6.18. The maximum Gasteiger partial charge on any atom is 0.341 e. The minimum atomic E-state index is -0.945. The molecule has 6 nitrogen and oxygen atoms in total. The van der Waals surface area contributed by atoms with Gasteiger partial charge in [-0.25, -0.2) is 4.79 Å². The van der Waals surface area contributed by atoms with E-state index in [-0.39, 0.29) is 30.1 Å². The topological polar surface area (TPSA) is 96.4 Å². The summed E-state index contributed by atoms with van der Waals surface area (Å²) in [7, 11) is 1.55. The summed E-state index contributed by atoms with van der Waals surface area (Å²) in [5.74, 6) is -1.03. The number of amides is 1. The van der Waals surface area contributed by atoms with Crippen LogP contribution in [0.25, 0.3) is 0 Å². The molecule has 1 aromatic rings. The molecule has 0 fully saturated rings. The molecule has 0 saturated carbocycles. The van der Waals surface area contributed by atoms with Crippen molar-refractivity contribution in [2.45, 2.75) is 19.4 Å². The van der Waals surface area contributed by atoms with Gasteiger partial charge in [0.05, 0.1) is 18.1 Å². The van der Waals surface area contributed by atoms with Gasteiger partial charge >= 0.3 is 5.97 Å². The minimum Gasteiger partial charge on any atom is -0.449 e. The zero-order valence-corrected chi connectivity index (χ0v) is 13.4. The molecule has 0 unspecified atom stereocenters. The molecule has 0 aliphatic carbocycles. The fourth-order valence-corrected chi connectivity index (χ4v) is 1.98. The molecule has 1 aromatic carbocycles. The van der Waals surface area contributed by atoms with E-state index in [2.05, 4.69) is 15.9 Å². The highest BCUT2D eigenvalue weighted by atomic mass is 79.9. The number of benzene rings is 1. The molecular formula is C14H16BrN3O3. The Morgan fingerprint density at radius 2 is 2.19 bits per heavy atom. The zero-order valence-electron chi connectivity index (χ0n) is 11.8. The van der Waals surface area contributed by atoms with Gasteiger partial charge in [0.25, 0.3) is 5.91 Å². The van der Waals surface area contributed by atoms with E-state index >= 15 is 0 Å². The quantitative estimate of drug-likeness (QED) is 0.644. The van der Waals surface area contributed by atoms with E-state index in [0.29, 0.717) is 4.47 Å². The van der Waals surface area contributed by atoms with Gasteiger partial charge in [-0.05, 0) is 25.1 Å². The number of esters is 1. The largest absolute Gasteiger partial charge is 0.449 e. The normalized spacial score (nSPS) is 11.3. The molecule has 1 rings (SSSR count). The predicted molar refractivity (Wildman–Crippen MR) is 81.3 cm³/mol. The number of anilines is 1. The number of nitrogens with zero attached hydrogens (tertiary/aromatic N) is 2. The number of likely N-dealkylation sites (N-methyl/N-ethyl adjacent to an activating group) is 1. The van der Waals surface area contributed by atoms with Crippen LogP contribution < -0.4 is 5.73 Å². The second kappa shape index (κ2) is 7.64. The van der Waals surface area contributed by atoms with Crippen molar-refractivity contribution in [1.29, 1.82) is 5.26 Å². The summed E-state index contributed by atoms with van der Waals surface area (Å²) in [6.07, 6.45) is -0.721. The van der Waals surface area contributed by atoms with Crippen molar-refractivity contribution < 1.29 is 14.3 Å². The molecule has 1 atom stereocenters. The van der Waals surface area contributed by atoms with E-state index in [0.717, 1.165) is 0 Å². The molecule has 2 N–H and O–H groups in total. The first-order valence-corrected chi connectivity index (χ1v) is 7.04. The monoisotopic (exact) mass is 353 g/mol. The summed E-state index contributed by atoms with van der Waals surface area (Å²) in [6.45, 7) is 1.77. The van der Waals surface area contributed by atoms with Crippen molar-refractivity contribution in [1.82, 2.24) is 4.90 Å². The van der Waals surface area contributed by atoms with Crippen LogP contribution in [-0.4, -0.2) is 36.5 Å². The van der Waals surface area contributed by atoms with Crippen molar-refractivity contribution in [3.05, 3.63) is 28.2 Å². The van der Waals surface area contributed by atoms with Crippen LogP contribution in [0.5, 0.6) is 0 Å². The van der Waals surface area contributed by atoms with Gasteiger partial charge in [0.1, 0.15) is 0 Å². The molecule has 21 heavy (non-hydrogen) atoms. The molecule has 0 heterocycles. The maximum atomic E-state index is 12.0. The second-order valence-corrected chi connectivity index (χ2v) is 5.36. The number of hydrogen-bond acceptors (Lipinski definition) is 5. The smallest absolute Gasteiger partial charge is 0.341 e. The third-order valence-electron chi connectivity index (χ3n) is 2.80. The first kappa shape index (κ1) is 17.0. The summed E-state index contributed by atoms with van der Waals surface area (Å²) in [6, 6.07) is 6.77.